The molecule has 19 heavy (non-hydrogen) atoms. The van der Waals surface area contributed by atoms with Gasteiger partial charge in [-0.3, -0.25) is 4.18 Å². The van der Waals surface area contributed by atoms with Gasteiger partial charge in [0.1, 0.15) is 0 Å². The van der Waals surface area contributed by atoms with Crippen molar-refractivity contribution in [3.63, 3.8) is 0 Å². The van der Waals surface area contributed by atoms with Crippen molar-refractivity contribution < 1.29 is 26.6 Å². The molecular weight excluding hydrogens is 272 g/mol. The van der Waals surface area contributed by atoms with E-state index in [1.807, 2.05) is 27.7 Å². The molecule has 0 aromatic carbocycles. The first-order valence-electron chi connectivity index (χ1n) is 6.53. The minimum Gasteiger partial charge on any atom is -0.726 e. The molecule has 114 valence electrons. The van der Waals surface area contributed by atoms with Crippen molar-refractivity contribution in [2.24, 2.45) is 17.8 Å². The minimum atomic E-state index is -4.69. The Bertz CT molecular complexity index is 380. The molecule has 3 unspecified atom stereocenters. The molecule has 1 rings (SSSR count). The SMILES string of the molecule is CC(C)O[C@@H]1OC(COS(=O)(=O)[O-])[C@H](C)C(C)C1C. The van der Waals surface area contributed by atoms with Gasteiger partial charge in [-0.1, -0.05) is 20.8 Å². The molecule has 0 spiro atoms. The maximum atomic E-state index is 10.5. The van der Waals surface area contributed by atoms with E-state index in [0.717, 1.165) is 0 Å². The maximum absolute atomic E-state index is 10.5. The van der Waals surface area contributed by atoms with E-state index >= 15 is 0 Å². The standard InChI is InChI=1S/C12H24O6S/c1-7(2)17-12-10(5)8(3)9(4)11(18-12)6-16-19(13,14)15/h7-12H,6H2,1-5H3,(H,13,14,15)/p-1/t8?,9-,10?,11?,12-/m1/s1. The summed E-state index contributed by atoms with van der Waals surface area (Å²) in [5, 5.41) is 0. The lowest BCUT2D eigenvalue weighted by molar-refractivity contribution is -0.263. The highest BCUT2D eigenvalue weighted by molar-refractivity contribution is 7.80. The van der Waals surface area contributed by atoms with E-state index in [9.17, 15) is 13.0 Å². The van der Waals surface area contributed by atoms with Crippen molar-refractivity contribution in [2.75, 3.05) is 6.61 Å². The summed E-state index contributed by atoms with van der Waals surface area (Å²) in [4.78, 5) is 0. The summed E-state index contributed by atoms with van der Waals surface area (Å²) in [6.45, 7) is 9.61. The van der Waals surface area contributed by atoms with Gasteiger partial charge in [0, 0.05) is 5.92 Å². The predicted molar refractivity (Wildman–Crippen MR) is 68.0 cm³/mol. The van der Waals surface area contributed by atoms with Crippen LogP contribution in [0, 0.1) is 17.8 Å². The van der Waals surface area contributed by atoms with Crippen LogP contribution < -0.4 is 0 Å². The first kappa shape index (κ1) is 16.8. The summed E-state index contributed by atoms with van der Waals surface area (Å²) in [5.41, 5.74) is 0. The Kier molecular flexibility index (Phi) is 5.76. The third-order valence-corrected chi connectivity index (χ3v) is 4.19. The van der Waals surface area contributed by atoms with Crippen LogP contribution in [0.4, 0.5) is 0 Å². The fourth-order valence-electron chi connectivity index (χ4n) is 2.25. The zero-order valence-corrected chi connectivity index (χ0v) is 12.8. The molecule has 6 nitrogen and oxygen atoms in total. The van der Waals surface area contributed by atoms with Gasteiger partial charge in [0.25, 0.3) is 0 Å². The van der Waals surface area contributed by atoms with Crippen LogP contribution in [-0.4, -0.2) is 38.1 Å². The van der Waals surface area contributed by atoms with E-state index in [4.69, 9.17) is 9.47 Å². The summed E-state index contributed by atoms with van der Waals surface area (Å²) >= 11 is 0. The van der Waals surface area contributed by atoms with Gasteiger partial charge in [0.2, 0.25) is 10.4 Å². The quantitative estimate of drug-likeness (QED) is 0.565. The van der Waals surface area contributed by atoms with E-state index in [0.29, 0.717) is 0 Å². The summed E-state index contributed by atoms with van der Waals surface area (Å²) < 4.78 is 47.3. The van der Waals surface area contributed by atoms with Crippen molar-refractivity contribution in [2.45, 2.75) is 53.1 Å². The molecule has 0 aromatic heterocycles. The van der Waals surface area contributed by atoms with Crippen LogP contribution in [0.1, 0.15) is 34.6 Å². The van der Waals surface area contributed by atoms with Gasteiger partial charge in [0.15, 0.2) is 6.29 Å². The Balaban J connectivity index is 2.70. The van der Waals surface area contributed by atoms with Crippen molar-refractivity contribution in [3.8, 4) is 0 Å². The van der Waals surface area contributed by atoms with Crippen molar-refractivity contribution in [1.82, 2.24) is 0 Å². The molecule has 0 saturated carbocycles. The van der Waals surface area contributed by atoms with Crippen LogP contribution in [-0.2, 0) is 24.1 Å². The predicted octanol–water partition coefficient (Wildman–Crippen LogP) is 1.52. The van der Waals surface area contributed by atoms with Gasteiger partial charge in [-0.2, -0.15) is 0 Å². The Hall–Kier alpha value is -0.210. The molecule has 0 bridgehead atoms. The lowest BCUT2D eigenvalue weighted by Gasteiger charge is -2.43. The summed E-state index contributed by atoms with van der Waals surface area (Å²) in [7, 11) is -4.69. The van der Waals surface area contributed by atoms with E-state index in [1.54, 1.807) is 0 Å². The highest BCUT2D eigenvalue weighted by Crippen LogP contribution is 2.36. The van der Waals surface area contributed by atoms with Crippen LogP contribution in [0.25, 0.3) is 0 Å². The largest absolute Gasteiger partial charge is 0.726 e. The van der Waals surface area contributed by atoms with Crippen LogP contribution in [0.5, 0.6) is 0 Å². The average Bonchev–Trinajstić information content (AvgIpc) is 2.26. The van der Waals surface area contributed by atoms with E-state index in [-0.39, 0.29) is 30.5 Å². The first-order chi connectivity index (χ1) is 8.61. The molecule has 0 amide bonds. The highest BCUT2D eigenvalue weighted by atomic mass is 32.3. The molecule has 5 atom stereocenters. The number of hydrogen-bond acceptors (Lipinski definition) is 6. The summed E-state index contributed by atoms with van der Waals surface area (Å²) in [6.07, 6.45) is -0.856. The summed E-state index contributed by atoms with van der Waals surface area (Å²) in [5.74, 6) is 0.557. The lowest BCUT2D eigenvalue weighted by Crippen LogP contribution is -2.48. The van der Waals surface area contributed by atoms with Gasteiger partial charge >= 0.3 is 0 Å². The van der Waals surface area contributed by atoms with E-state index in [1.165, 1.54) is 0 Å². The molecule has 1 heterocycles. The second-order valence-electron chi connectivity index (χ2n) is 5.50. The van der Waals surface area contributed by atoms with Crippen LogP contribution >= 0.6 is 0 Å². The Labute approximate surface area is 115 Å². The van der Waals surface area contributed by atoms with Crippen molar-refractivity contribution >= 4 is 10.4 Å². The maximum Gasteiger partial charge on any atom is 0.217 e. The van der Waals surface area contributed by atoms with Gasteiger partial charge in [0.05, 0.1) is 18.8 Å². The Morgan fingerprint density at radius 2 is 1.74 bits per heavy atom. The zero-order chi connectivity index (χ0) is 14.8. The van der Waals surface area contributed by atoms with Crippen LogP contribution in [0.3, 0.4) is 0 Å². The molecule has 0 aliphatic carbocycles. The lowest BCUT2D eigenvalue weighted by atomic mass is 9.79. The van der Waals surface area contributed by atoms with Gasteiger partial charge in [-0.15, -0.1) is 0 Å². The molecule has 0 radical (unpaired) electrons. The topological polar surface area (TPSA) is 84.9 Å². The second-order valence-corrected chi connectivity index (χ2v) is 6.55. The first-order valence-corrected chi connectivity index (χ1v) is 7.86. The molecule has 1 saturated heterocycles. The number of hydrogen-bond donors (Lipinski definition) is 0. The van der Waals surface area contributed by atoms with Crippen molar-refractivity contribution in [1.29, 1.82) is 0 Å². The Morgan fingerprint density at radius 1 is 1.16 bits per heavy atom. The zero-order valence-electron chi connectivity index (χ0n) is 12.0. The van der Waals surface area contributed by atoms with Gasteiger partial charge < -0.3 is 14.0 Å². The fraction of sp³-hybridized carbons (Fsp3) is 1.00. The molecular formula is C12H23O6S-. The number of rotatable bonds is 5. The Morgan fingerprint density at radius 3 is 2.21 bits per heavy atom. The van der Waals surface area contributed by atoms with Crippen LogP contribution in [0.2, 0.25) is 0 Å². The van der Waals surface area contributed by atoms with Crippen molar-refractivity contribution in [3.05, 3.63) is 0 Å². The number of ether oxygens (including phenoxy) is 2. The van der Waals surface area contributed by atoms with Gasteiger partial charge in [-0.05, 0) is 25.7 Å². The van der Waals surface area contributed by atoms with Crippen LogP contribution in [0.15, 0.2) is 0 Å². The minimum absolute atomic E-state index is 0.0119. The third-order valence-electron chi connectivity index (χ3n) is 3.77. The normalized spacial score (nSPS) is 36.7. The molecule has 0 aromatic rings. The fourth-order valence-corrected chi connectivity index (χ4v) is 2.55. The molecule has 0 N–H and O–H groups in total. The smallest absolute Gasteiger partial charge is 0.217 e. The molecule has 1 aliphatic rings. The van der Waals surface area contributed by atoms with E-state index in [2.05, 4.69) is 11.1 Å². The van der Waals surface area contributed by atoms with E-state index < -0.39 is 22.8 Å². The third kappa shape index (κ3) is 5.00. The highest BCUT2D eigenvalue weighted by Gasteiger charge is 2.40. The molecule has 1 fully saturated rings. The summed E-state index contributed by atoms with van der Waals surface area (Å²) in [6, 6.07) is 0. The average molecular weight is 295 g/mol. The second kappa shape index (κ2) is 6.49. The monoisotopic (exact) mass is 295 g/mol. The molecule has 1 aliphatic heterocycles. The molecule has 7 heteroatoms. The van der Waals surface area contributed by atoms with Gasteiger partial charge in [-0.25, -0.2) is 8.42 Å².